The topological polar surface area (TPSA) is 46.2 Å². The van der Waals surface area contributed by atoms with E-state index in [0.717, 1.165) is 6.26 Å². The van der Waals surface area contributed by atoms with Gasteiger partial charge in [0, 0.05) is 6.07 Å². The van der Waals surface area contributed by atoms with Crippen molar-refractivity contribution in [2.75, 3.05) is 11.0 Å². The summed E-state index contributed by atoms with van der Waals surface area (Å²) in [6.07, 6.45) is 1.09. The summed E-state index contributed by atoms with van der Waals surface area (Å²) in [4.78, 5) is 0. The number of nitrogens with one attached hydrogen (secondary N) is 1. The highest BCUT2D eigenvalue weighted by atomic mass is 32.2. The maximum atomic E-state index is 10.7. The van der Waals surface area contributed by atoms with Gasteiger partial charge in [-0.25, -0.2) is 8.42 Å². The lowest BCUT2D eigenvalue weighted by molar-refractivity contribution is 0.607. The summed E-state index contributed by atoms with van der Waals surface area (Å²) in [6, 6.07) is 10.2. The van der Waals surface area contributed by atoms with Gasteiger partial charge in [0.25, 0.3) is 0 Å². The van der Waals surface area contributed by atoms with E-state index in [0.29, 0.717) is 5.69 Å². The SMILES string of the molecule is CS(=O)(=O)Nc1[c]cc[c]c1. The van der Waals surface area contributed by atoms with Crippen LogP contribution in [0.5, 0.6) is 0 Å². The monoisotopic (exact) mass is 169 g/mol. The van der Waals surface area contributed by atoms with Gasteiger partial charge in [0.15, 0.2) is 0 Å². The maximum absolute atomic E-state index is 10.7. The summed E-state index contributed by atoms with van der Waals surface area (Å²) in [5, 5.41) is 0. The molecule has 0 saturated heterocycles. The molecule has 1 aromatic rings. The highest BCUT2D eigenvalue weighted by molar-refractivity contribution is 7.92. The van der Waals surface area contributed by atoms with Crippen LogP contribution in [0.15, 0.2) is 18.2 Å². The van der Waals surface area contributed by atoms with Gasteiger partial charge in [-0.3, -0.25) is 4.72 Å². The molecule has 1 N–H and O–H groups in total. The van der Waals surface area contributed by atoms with Gasteiger partial charge < -0.3 is 0 Å². The number of benzene rings is 1. The summed E-state index contributed by atoms with van der Waals surface area (Å²) >= 11 is 0. The largest absolute Gasteiger partial charge is 0.283 e. The van der Waals surface area contributed by atoms with Crippen molar-refractivity contribution in [1.82, 2.24) is 0 Å². The summed E-state index contributed by atoms with van der Waals surface area (Å²) in [6.45, 7) is 0. The zero-order valence-electron chi connectivity index (χ0n) is 5.96. The Labute approximate surface area is 66.1 Å². The molecule has 4 heteroatoms. The van der Waals surface area contributed by atoms with Gasteiger partial charge >= 0.3 is 0 Å². The molecule has 0 fully saturated rings. The van der Waals surface area contributed by atoms with E-state index in [4.69, 9.17) is 0 Å². The van der Waals surface area contributed by atoms with Crippen LogP contribution in [-0.4, -0.2) is 14.7 Å². The quantitative estimate of drug-likeness (QED) is 0.706. The molecule has 0 spiro atoms. The molecule has 2 radical (unpaired) electrons. The maximum Gasteiger partial charge on any atom is 0.229 e. The number of hydrogen-bond donors (Lipinski definition) is 1. The molecule has 0 amide bonds. The molecule has 0 saturated carbocycles. The molecule has 0 unspecified atom stereocenters. The summed E-state index contributed by atoms with van der Waals surface area (Å²) in [5.41, 5.74) is 0.412. The third-order valence-corrected chi connectivity index (χ3v) is 1.53. The van der Waals surface area contributed by atoms with Crippen LogP contribution in [0.1, 0.15) is 0 Å². The Hall–Kier alpha value is -1.03. The van der Waals surface area contributed by atoms with E-state index < -0.39 is 10.0 Å². The first-order valence-corrected chi connectivity index (χ1v) is 4.83. The van der Waals surface area contributed by atoms with Crippen LogP contribution in [0.25, 0.3) is 0 Å². The average molecular weight is 169 g/mol. The van der Waals surface area contributed by atoms with E-state index in [9.17, 15) is 8.42 Å². The van der Waals surface area contributed by atoms with Gasteiger partial charge in [0.2, 0.25) is 10.0 Å². The van der Waals surface area contributed by atoms with Gasteiger partial charge in [-0.15, -0.1) is 0 Å². The van der Waals surface area contributed by atoms with Gasteiger partial charge in [0.1, 0.15) is 0 Å². The Bertz CT molecular complexity index is 318. The molecule has 1 aromatic carbocycles. The first-order valence-electron chi connectivity index (χ1n) is 2.93. The molecular formula is C7H7NO2S. The number of rotatable bonds is 2. The smallest absolute Gasteiger partial charge is 0.229 e. The summed E-state index contributed by atoms with van der Waals surface area (Å²) in [5.74, 6) is 0. The van der Waals surface area contributed by atoms with Gasteiger partial charge in [0.05, 0.1) is 11.9 Å². The molecule has 3 nitrogen and oxygen atoms in total. The van der Waals surface area contributed by atoms with E-state index in [2.05, 4.69) is 16.9 Å². The first kappa shape index (κ1) is 8.07. The van der Waals surface area contributed by atoms with Crippen molar-refractivity contribution in [3.63, 3.8) is 0 Å². The minimum Gasteiger partial charge on any atom is -0.283 e. The van der Waals surface area contributed by atoms with E-state index >= 15 is 0 Å². The number of anilines is 1. The molecule has 0 aliphatic carbocycles. The van der Waals surface area contributed by atoms with Crippen molar-refractivity contribution in [2.45, 2.75) is 0 Å². The fourth-order valence-electron chi connectivity index (χ4n) is 0.611. The van der Waals surface area contributed by atoms with Crippen molar-refractivity contribution >= 4 is 15.7 Å². The average Bonchev–Trinajstić information content (AvgIpc) is 1.85. The Morgan fingerprint density at radius 1 is 1.45 bits per heavy atom. The molecule has 0 atom stereocenters. The highest BCUT2D eigenvalue weighted by Gasteiger charge is 1.98. The lowest BCUT2D eigenvalue weighted by atomic mass is 10.3. The van der Waals surface area contributed by atoms with Crippen molar-refractivity contribution in [3.8, 4) is 0 Å². The Morgan fingerprint density at radius 2 is 2.18 bits per heavy atom. The minimum atomic E-state index is -3.18. The second-order valence-electron chi connectivity index (χ2n) is 2.08. The number of hydrogen-bond acceptors (Lipinski definition) is 2. The third kappa shape index (κ3) is 3.04. The Balaban J connectivity index is 2.82. The standard InChI is InChI=1S/C7H7NO2S/c1-11(9,10)8-7-5-3-2-4-6-7/h2-3,6,8H,1H3. The molecule has 0 aromatic heterocycles. The third-order valence-electron chi connectivity index (χ3n) is 0.941. The molecule has 11 heavy (non-hydrogen) atoms. The molecule has 0 heterocycles. The zero-order valence-corrected chi connectivity index (χ0v) is 6.77. The van der Waals surface area contributed by atoms with Crippen molar-refractivity contribution in [2.24, 2.45) is 0 Å². The normalized spacial score (nSPS) is 11.0. The lowest BCUT2D eigenvalue weighted by Gasteiger charge is -2.00. The van der Waals surface area contributed by atoms with Gasteiger partial charge in [-0.05, 0) is 12.1 Å². The first-order chi connectivity index (χ1) is 5.08. The second-order valence-corrected chi connectivity index (χ2v) is 3.83. The van der Waals surface area contributed by atoms with E-state index in [-0.39, 0.29) is 0 Å². The van der Waals surface area contributed by atoms with E-state index in [1.807, 2.05) is 0 Å². The molecule has 0 bridgehead atoms. The van der Waals surface area contributed by atoms with Crippen LogP contribution in [0.4, 0.5) is 5.69 Å². The van der Waals surface area contributed by atoms with Gasteiger partial charge in [-0.1, -0.05) is 12.1 Å². The molecular weight excluding hydrogens is 162 g/mol. The van der Waals surface area contributed by atoms with Crippen LogP contribution in [-0.2, 0) is 10.0 Å². The van der Waals surface area contributed by atoms with Crippen molar-refractivity contribution in [3.05, 3.63) is 30.3 Å². The Morgan fingerprint density at radius 3 is 2.64 bits per heavy atom. The van der Waals surface area contributed by atoms with Crippen molar-refractivity contribution < 1.29 is 8.42 Å². The predicted molar refractivity (Wildman–Crippen MR) is 42.6 cm³/mol. The van der Waals surface area contributed by atoms with Crippen LogP contribution >= 0.6 is 0 Å². The Kier molecular flexibility index (Phi) is 2.14. The molecule has 1 rings (SSSR count). The van der Waals surface area contributed by atoms with E-state index in [1.54, 1.807) is 12.1 Å². The van der Waals surface area contributed by atoms with E-state index in [1.165, 1.54) is 6.07 Å². The van der Waals surface area contributed by atoms with Crippen LogP contribution in [0.2, 0.25) is 0 Å². The number of sulfonamides is 1. The predicted octanol–water partition coefficient (Wildman–Crippen LogP) is 0.658. The second kappa shape index (κ2) is 2.92. The molecule has 0 aliphatic rings. The zero-order chi connectivity index (χ0) is 8.32. The minimum absolute atomic E-state index is 0.412. The molecule has 0 aliphatic heterocycles. The lowest BCUT2D eigenvalue weighted by Crippen LogP contribution is -2.09. The van der Waals surface area contributed by atoms with Gasteiger partial charge in [-0.2, -0.15) is 0 Å². The fraction of sp³-hybridized carbons (Fsp3) is 0.143. The van der Waals surface area contributed by atoms with Crippen LogP contribution in [0.3, 0.4) is 0 Å². The fourth-order valence-corrected chi connectivity index (χ4v) is 1.13. The van der Waals surface area contributed by atoms with Crippen molar-refractivity contribution in [1.29, 1.82) is 0 Å². The van der Waals surface area contributed by atoms with Crippen LogP contribution < -0.4 is 4.72 Å². The molecule has 58 valence electrons. The summed E-state index contributed by atoms with van der Waals surface area (Å²) in [7, 11) is -3.18. The summed E-state index contributed by atoms with van der Waals surface area (Å²) < 4.78 is 23.6. The highest BCUT2D eigenvalue weighted by Crippen LogP contribution is 2.04. The van der Waals surface area contributed by atoms with Crippen LogP contribution in [0, 0.1) is 12.1 Å².